The number of rotatable bonds is 8. The highest BCUT2D eigenvalue weighted by Crippen LogP contribution is 2.48. The summed E-state index contributed by atoms with van der Waals surface area (Å²) in [6.45, 7) is 0. The van der Waals surface area contributed by atoms with Crippen molar-refractivity contribution in [1.29, 1.82) is 0 Å². The van der Waals surface area contributed by atoms with E-state index in [1.54, 1.807) is 36.4 Å². The number of hydrogen-bond acceptors (Lipinski definition) is 4. The van der Waals surface area contributed by atoms with Gasteiger partial charge in [-0.1, -0.05) is 48.5 Å². The molecule has 0 aliphatic carbocycles. The Labute approximate surface area is 164 Å². The lowest BCUT2D eigenvalue weighted by Gasteiger charge is -2.20. The van der Waals surface area contributed by atoms with E-state index >= 15 is 0 Å². The Morgan fingerprint density at radius 1 is 0.786 bits per heavy atom. The van der Waals surface area contributed by atoms with E-state index in [2.05, 4.69) is 4.99 Å². The zero-order valence-electron chi connectivity index (χ0n) is 15.3. The first kappa shape index (κ1) is 19.5. The summed E-state index contributed by atoms with van der Waals surface area (Å²) in [7, 11) is -3.43. The molecule has 0 heterocycles. The second-order valence-electron chi connectivity index (χ2n) is 6.10. The molecule has 0 saturated carbocycles. The summed E-state index contributed by atoms with van der Waals surface area (Å²) >= 11 is 0. The van der Waals surface area contributed by atoms with Crippen LogP contribution in [0.2, 0.25) is 0 Å². The third kappa shape index (κ3) is 5.89. The van der Waals surface area contributed by atoms with Crippen molar-refractivity contribution in [2.24, 2.45) is 16.5 Å². The highest BCUT2D eigenvalue weighted by atomic mass is 31.2. The number of aliphatic imine (C=N–C) groups is 1. The predicted octanol–water partition coefficient (Wildman–Crippen LogP) is 4.49. The van der Waals surface area contributed by atoms with Crippen LogP contribution in [-0.2, 0) is 11.0 Å². The molecule has 7 heteroatoms. The van der Waals surface area contributed by atoms with Crippen molar-refractivity contribution in [2.75, 3.05) is 6.16 Å². The van der Waals surface area contributed by atoms with Gasteiger partial charge in [0.2, 0.25) is 0 Å². The number of benzene rings is 3. The number of guanidine groups is 1. The van der Waals surface area contributed by atoms with Gasteiger partial charge in [0.05, 0.1) is 11.8 Å². The second-order valence-corrected chi connectivity index (χ2v) is 8.13. The smallest absolute Gasteiger partial charge is 0.416 e. The van der Waals surface area contributed by atoms with Gasteiger partial charge in [-0.2, -0.15) is 0 Å². The van der Waals surface area contributed by atoms with Gasteiger partial charge in [0.15, 0.2) is 5.96 Å². The largest absolute Gasteiger partial charge is 0.431 e. The lowest BCUT2D eigenvalue weighted by atomic mass is 10.1. The number of aryl methyl sites for hydroxylation is 1. The van der Waals surface area contributed by atoms with Crippen LogP contribution in [0.5, 0.6) is 11.5 Å². The van der Waals surface area contributed by atoms with Gasteiger partial charge in [-0.05, 0) is 48.4 Å². The first-order valence-electron chi connectivity index (χ1n) is 8.79. The molecule has 0 spiro atoms. The number of nitrogens with zero attached hydrogens (tertiary/aromatic N) is 1. The maximum absolute atomic E-state index is 13.4. The first-order valence-corrected chi connectivity index (χ1v) is 10.5. The Morgan fingerprint density at radius 3 is 1.75 bits per heavy atom. The Balaban J connectivity index is 1.75. The quantitative estimate of drug-likeness (QED) is 0.333. The summed E-state index contributed by atoms with van der Waals surface area (Å²) in [5.74, 6) is 1.01. The average Bonchev–Trinajstić information content (AvgIpc) is 2.68. The standard InChI is InChI=1S/C21H22N3O3P/c22-21(23)24-18-13-11-17(12-14-18)15-16-28(25,26-19-7-3-1-4-8-19)27-20-9-5-2-6-10-20/h1-14H,15-16H2,(H4,22,23,24). The van der Waals surface area contributed by atoms with Crippen LogP contribution in [0.4, 0.5) is 5.69 Å². The molecule has 4 N–H and O–H groups in total. The first-order chi connectivity index (χ1) is 13.5. The Kier molecular flexibility index (Phi) is 6.35. The molecular formula is C21H22N3O3P. The van der Waals surface area contributed by atoms with Crippen LogP contribution >= 0.6 is 7.60 Å². The van der Waals surface area contributed by atoms with Crippen molar-refractivity contribution in [2.45, 2.75) is 6.42 Å². The molecule has 6 nitrogen and oxygen atoms in total. The van der Waals surface area contributed by atoms with E-state index in [1.165, 1.54) is 0 Å². The zero-order chi connectivity index (χ0) is 19.8. The maximum atomic E-state index is 13.4. The average molecular weight is 395 g/mol. The molecule has 3 aromatic rings. The van der Waals surface area contributed by atoms with Gasteiger partial charge in [-0.15, -0.1) is 0 Å². The Hall–Kier alpha value is -3.24. The van der Waals surface area contributed by atoms with Crippen LogP contribution in [-0.4, -0.2) is 12.1 Å². The Bertz CT molecular complexity index is 912. The van der Waals surface area contributed by atoms with E-state index in [0.717, 1.165) is 5.56 Å². The van der Waals surface area contributed by atoms with E-state index in [4.69, 9.17) is 20.5 Å². The summed E-state index contributed by atoms with van der Waals surface area (Å²) in [5, 5.41) is 0. The fourth-order valence-corrected chi connectivity index (χ4v) is 4.18. The number of nitrogens with two attached hydrogens (primary N) is 2. The molecular weight excluding hydrogens is 373 g/mol. The molecule has 0 bridgehead atoms. The van der Waals surface area contributed by atoms with Gasteiger partial charge in [-0.25, -0.2) is 9.56 Å². The number of hydrogen-bond donors (Lipinski definition) is 2. The molecule has 0 aromatic heterocycles. The predicted molar refractivity (Wildman–Crippen MR) is 112 cm³/mol. The highest BCUT2D eigenvalue weighted by Gasteiger charge is 2.28. The van der Waals surface area contributed by atoms with Crippen LogP contribution in [0, 0.1) is 0 Å². The van der Waals surface area contributed by atoms with Crippen molar-refractivity contribution in [3.63, 3.8) is 0 Å². The second kappa shape index (κ2) is 9.11. The van der Waals surface area contributed by atoms with Gasteiger partial charge >= 0.3 is 7.60 Å². The molecule has 0 unspecified atom stereocenters. The van der Waals surface area contributed by atoms with Crippen molar-refractivity contribution < 1.29 is 13.6 Å². The molecule has 3 rings (SSSR count). The minimum atomic E-state index is -3.43. The van der Waals surface area contributed by atoms with Crippen molar-refractivity contribution >= 4 is 19.2 Å². The lowest BCUT2D eigenvalue weighted by Crippen LogP contribution is -2.21. The fourth-order valence-electron chi connectivity index (χ4n) is 2.55. The van der Waals surface area contributed by atoms with Crippen molar-refractivity contribution in [3.8, 4) is 11.5 Å². The molecule has 0 saturated heterocycles. The summed E-state index contributed by atoms with van der Waals surface area (Å²) in [5.41, 5.74) is 12.4. The van der Waals surface area contributed by atoms with Gasteiger partial charge < -0.3 is 20.5 Å². The SMILES string of the molecule is NC(N)=Nc1ccc(CCP(=O)(Oc2ccccc2)Oc2ccccc2)cc1. The van der Waals surface area contributed by atoms with Gasteiger partial charge in [0, 0.05) is 0 Å². The van der Waals surface area contributed by atoms with Crippen LogP contribution in [0.3, 0.4) is 0 Å². The third-order valence-electron chi connectivity index (χ3n) is 3.84. The zero-order valence-corrected chi connectivity index (χ0v) is 16.2. The monoisotopic (exact) mass is 395 g/mol. The third-order valence-corrected chi connectivity index (χ3v) is 5.59. The van der Waals surface area contributed by atoms with E-state index in [1.807, 2.05) is 48.5 Å². The summed E-state index contributed by atoms with van der Waals surface area (Å²) in [6.07, 6.45) is 0.734. The minimum absolute atomic E-state index is 0.00442. The maximum Gasteiger partial charge on any atom is 0.431 e. The van der Waals surface area contributed by atoms with E-state index in [0.29, 0.717) is 23.6 Å². The van der Waals surface area contributed by atoms with E-state index in [9.17, 15) is 4.57 Å². The topological polar surface area (TPSA) is 99.9 Å². The van der Waals surface area contributed by atoms with Crippen molar-refractivity contribution in [3.05, 3.63) is 90.5 Å². The molecule has 144 valence electrons. The van der Waals surface area contributed by atoms with E-state index < -0.39 is 7.60 Å². The van der Waals surface area contributed by atoms with Crippen LogP contribution in [0.25, 0.3) is 0 Å². The molecule has 0 amide bonds. The van der Waals surface area contributed by atoms with Crippen LogP contribution < -0.4 is 20.5 Å². The molecule has 0 aliphatic heterocycles. The normalized spacial score (nSPS) is 10.9. The van der Waals surface area contributed by atoms with Crippen molar-refractivity contribution in [1.82, 2.24) is 0 Å². The molecule has 0 fully saturated rings. The summed E-state index contributed by atoms with van der Waals surface area (Å²) in [4.78, 5) is 3.99. The minimum Gasteiger partial charge on any atom is -0.416 e. The summed E-state index contributed by atoms with van der Waals surface area (Å²) < 4.78 is 25.0. The molecule has 28 heavy (non-hydrogen) atoms. The molecule has 0 atom stereocenters. The fraction of sp³-hybridized carbons (Fsp3) is 0.0952. The van der Waals surface area contributed by atoms with E-state index in [-0.39, 0.29) is 12.1 Å². The van der Waals surface area contributed by atoms with Gasteiger partial charge in [-0.3, -0.25) is 0 Å². The summed E-state index contributed by atoms with van der Waals surface area (Å²) in [6, 6.07) is 25.4. The van der Waals surface area contributed by atoms with Crippen LogP contribution in [0.1, 0.15) is 5.56 Å². The Morgan fingerprint density at radius 2 is 1.29 bits per heavy atom. The lowest BCUT2D eigenvalue weighted by molar-refractivity contribution is 0.385. The molecule has 0 radical (unpaired) electrons. The highest BCUT2D eigenvalue weighted by molar-refractivity contribution is 7.54. The van der Waals surface area contributed by atoms with Gasteiger partial charge in [0.25, 0.3) is 0 Å². The molecule has 3 aromatic carbocycles. The number of para-hydroxylation sites is 2. The van der Waals surface area contributed by atoms with Crippen LogP contribution in [0.15, 0.2) is 89.9 Å². The molecule has 0 aliphatic rings. The van der Waals surface area contributed by atoms with Gasteiger partial charge in [0.1, 0.15) is 11.5 Å².